The number of carbonyl (C=O) groups excluding carboxylic acids is 1. The molecular weight excluding hydrogens is 312 g/mol. The van der Waals surface area contributed by atoms with Gasteiger partial charge in [0.05, 0.1) is 23.5 Å². The fourth-order valence-electron chi connectivity index (χ4n) is 2.21. The quantitative estimate of drug-likeness (QED) is 0.867. The number of hydrogen-bond acceptors (Lipinski definition) is 3. The van der Waals surface area contributed by atoms with Gasteiger partial charge >= 0.3 is 0 Å². The van der Waals surface area contributed by atoms with Crippen LogP contribution in [0.4, 0.5) is 5.69 Å². The minimum Gasteiger partial charge on any atom is -0.354 e. The highest BCUT2D eigenvalue weighted by atomic mass is 35.5. The molecule has 1 aromatic rings. The molecule has 2 rings (SSSR count). The van der Waals surface area contributed by atoms with Crippen molar-refractivity contribution < 1.29 is 13.2 Å². The average molecular weight is 331 g/mol. The van der Waals surface area contributed by atoms with Gasteiger partial charge in [0.1, 0.15) is 0 Å². The Hall–Kier alpha value is -1.27. The summed E-state index contributed by atoms with van der Waals surface area (Å²) in [6.07, 6.45) is 4.07. The first-order valence-electron chi connectivity index (χ1n) is 6.89. The lowest BCUT2D eigenvalue weighted by Crippen LogP contribution is -2.41. The second-order valence-corrected chi connectivity index (χ2v) is 7.52. The van der Waals surface area contributed by atoms with Gasteiger partial charge in [-0.15, -0.1) is 0 Å². The molecule has 0 atom stereocenters. The Morgan fingerprint density at radius 3 is 2.57 bits per heavy atom. The van der Waals surface area contributed by atoms with Gasteiger partial charge in [-0.05, 0) is 25.0 Å². The van der Waals surface area contributed by atoms with Gasteiger partial charge in [-0.1, -0.05) is 30.2 Å². The molecule has 5 nitrogen and oxygen atoms in total. The number of nitrogens with one attached hydrogen (secondary N) is 1. The van der Waals surface area contributed by atoms with Crippen LogP contribution in [-0.2, 0) is 14.8 Å². The van der Waals surface area contributed by atoms with Crippen molar-refractivity contribution >= 4 is 33.2 Å². The number of nitrogens with zero attached hydrogens (tertiary/aromatic N) is 1. The summed E-state index contributed by atoms with van der Waals surface area (Å²) in [5.74, 6) is 0.103. The summed E-state index contributed by atoms with van der Waals surface area (Å²) in [4.78, 5) is 11.8. The minimum absolute atomic E-state index is 0.00820. The van der Waals surface area contributed by atoms with Crippen LogP contribution >= 0.6 is 11.6 Å². The Morgan fingerprint density at radius 1 is 1.38 bits per heavy atom. The molecular formula is C14H19ClN2O3S. The third-order valence-electron chi connectivity index (χ3n) is 3.61. The Bertz CT molecular complexity index is 614. The summed E-state index contributed by atoms with van der Waals surface area (Å²) in [6, 6.07) is 6.76. The standard InChI is InChI=1S/C14H19ClN2O3S/c1-21(19,20)17(13-8-3-2-7-12(13)15)10-9-16-14(18)11-5-4-6-11/h2-3,7-8,11H,4-6,9-10H2,1H3,(H,16,18). The van der Waals surface area contributed by atoms with Crippen LogP contribution in [0.1, 0.15) is 19.3 Å². The van der Waals surface area contributed by atoms with Gasteiger partial charge < -0.3 is 5.32 Å². The van der Waals surface area contributed by atoms with E-state index in [0.717, 1.165) is 25.5 Å². The molecule has 1 N–H and O–H groups in total. The third kappa shape index (κ3) is 4.11. The van der Waals surface area contributed by atoms with E-state index in [0.29, 0.717) is 10.7 Å². The number of sulfonamides is 1. The van der Waals surface area contributed by atoms with Crippen LogP contribution in [0.5, 0.6) is 0 Å². The third-order valence-corrected chi connectivity index (χ3v) is 5.11. The van der Waals surface area contributed by atoms with Crippen molar-refractivity contribution in [2.45, 2.75) is 19.3 Å². The molecule has 21 heavy (non-hydrogen) atoms. The molecule has 0 saturated heterocycles. The molecule has 1 amide bonds. The van der Waals surface area contributed by atoms with Gasteiger partial charge in [-0.25, -0.2) is 8.42 Å². The zero-order valence-electron chi connectivity index (χ0n) is 11.9. The number of hydrogen-bond donors (Lipinski definition) is 1. The zero-order chi connectivity index (χ0) is 15.5. The topological polar surface area (TPSA) is 66.5 Å². The molecule has 0 heterocycles. The van der Waals surface area contributed by atoms with E-state index in [1.807, 2.05) is 0 Å². The first kappa shape index (κ1) is 16.1. The summed E-state index contributed by atoms with van der Waals surface area (Å²) < 4.78 is 25.0. The summed E-state index contributed by atoms with van der Waals surface area (Å²) in [5.41, 5.74) is 0.430. The minimum atomic E-state index is -3.45. The van der Waals surface area contributed by atoms with E-state index < -0.39 is 10.0 Å². The van der Waals surface area contributed by atoms with Crippen LogP contribution in [-0.4, -0.2) is 33.7 Å². The molecule has 0 spiro atoms. The fraction of sp³-hybridized carbons (Fsp3) is 0.500. The summed E-state index contributed by atoms with van der Waals surface area (Å²) in [7, 11) is -3.45. The molecule has 1 aliphatic carbocycles. The highest BCUT2D eigenvalue weighted by Gasteiger charge is 2.25. The number of carbonyl (C=O) groups is 1. The molecule has 1 aromatic carbocycles. The first-order valence-corrected chi connectivity index (χ1v) is 9.12. The predicted molar refractivity (Wildman–Crippen MR) is 84.0 cm³/mol. The van der Waals surface area contributed by atoms with E-state index in [9.17, 15) is 13.2 Å². The van der Waals surface area contributed by atoms with Crippen molar-refractivity contribution in [3.05, 3.63) is 29.3 Å². The van der Waals surface area contributed by atoms with Crippen molar-refractivity contribution in [2.75, 3.05) is 23.7 Å². The molecule has 1 fully saturated rings. The first-order chi connectivity index (χ1) is 9.89. The lowest BCUT2D eigenvalue weighted by atomic mass is 9.85. The van der Waals surface area contributed by atoms with Crippen LogP contribution in [0.3, 0.4) is 0 Å². The van der Waals surface area contributed by atoms with E-state index in [-0.39, 0.29) is 24.9 Å². The molecule has 0 bridgehead atoms. The summed E-state index contributed by atoms with van der Waals surface area (Å²) in [6.45, 7) is 0.439. The molecule has 1 saturated carbocycles. The van der Waals surface area contributed by atoms with Crippen LogP contribution in [0.25, 0.3) is 0 Å². The number of para-hydroxylation sites is 1. The van der Waals surface area contributed by atoms with Crippen LogP contribution in [0, 0.1) is 5.92 Å². The molecule has 7 heteroatoms. The number of amides is 1. The van der Waals surface area contributed by atoms with Crippen LogP contribution < -0.4 is 9.62 Å². The van der Waals surface area contributed by atoms with Crippen LogP contribution in [0.2, 0.25) is 5.02 Å². The second kappa shape index (κ2) is 6.66. The van der Waals surface area contributed by atoms with Gasteiger partial charge in [0.25, 0.3) is 0 Å². The lowest BCUT2D eigenvalue weighted by molar-refractivity contribution is -0.127. The molecule has 0 aromatic heterocycles. The highest BCUT2D eigenvalue weighted by Crippen LogP contribution is 2.27. The number of anilines is 1. The maximum Gasteiger partial charge on any atom is 0.232 e. The van der Waals surface area contributed by atoms with E-state index in [1.165, 1.54) is 4.31 Å². The van der Waals surface area contributed by atoms with Crippen molar-refractivity contribution in [1.29, 1.82) is 0 Å². The smallest absolute Gasteiger partial charge is 0.232 e. The monoisotopic (exact) mass is 330 g/mol. The summed E-state index contributed by atoms with van der Waals surface area (Å²) >= 11 is 6.06. The maximum absolute atomic E-state index is 11.9. The van der Waals surface area contributed by atoms with Gasteiger partial charge in [0, 0.05) is 12.5 Å². The van der Waals surface area contributed by atoms with Crippen molar-refractivity contribution in [3.8, 4) is 0 Å². The molecule has 116 valence electrons. The molecule has 0 radical (unpaired) electrons. The van der Waals surface area contributed by atoms with E-state index in [2.05, 4.69) is 5.32 Å². The van der Waals surface area contributed by atoms with E-state index >= 15 is 0 Å². The van der Waals surface area contributed by atoms with Crippen molar-refractivity contribution in [3.63, 3.8) is 0 Å². The molecule has 1 aliphatic rings. The normalized spacial score (nSPS) is 15.3. The Labute approximate surface area is 130 Å². The van der Waals surface area contributed by atoms with Gasteiger partial charge in [0.15, 0.2) is 0 Å². The zero-order valence-corrected chi connectivity index (χ0v) is 13.5. The predicted octanol–water partition coefficient (Wildman–Crippen LogP) is 2.02. The van der Waals surface area contributed by atoms with Gasteiger partial charge in [-0.2, -0.15) is 0 Å². The van der Waals surface area contributed by atoms with Crippen LogP contribution in [0.15, 0.2) is 24.3 Å². The number of rotatable bonds is 6. The largest absolute Gasteiger partial charge is 0.354 e. The van der Waals surface area contributed by atoms with Crippen molar-refractivity contribution in [1.82, 2.24) is 5.32 Å². The number of halogens is 1. The van der Waals surface area contributed by atoms with E-state index in [4.69, 9.17) is 11.6 Å². The van der Waals surface area contributed by atoms with Crippen molar-refractivity contribution in [2.24, 2.45) is 5.92 Å². The Balaban J connectivity index is 2.01. The fourth-order valence-corrected chi connectivity index (χ4v) is 3.44. The lowest BCUT2D eigenvalue weighted by Gasteiger charge is -2.26. The average Bonchev–Trinajstić information content (AvgIpc) is 2.32. The van der Waals surface area contributed by atoms with E-state index in [1.54, 1.807) is 24.3 Å². The van der Waals surface area contributed by atoms with Gasteiger partial charge in [0.2, 0.25) is 15.9 Å². The molecule has 0 aliphatic heterocycles. The number of benzene rings is 1. The Morgan fingerprint density at radius 2 is 2.05 bits per heavy atom. The van der Waals surface area contributed by atoms with Gasteiger partial charge in [-0.3, -0.25) is 9.10 Å². The SMILES string of the molecule is CS(=O)(=O)N(CCNC(=O)C1CCC1)c1ccccc1Cl. The Kier molecular flexibility index (Phi) is 5.11. The molecule has 0 unspecified atom stereocenters. The second-order valence-electron chi connectivity index (χ2n) is 5.21. The summed E-state index contributed by atoms with van der Waals surface area (Å²) in [5, 5.41) is 3.16. The highest BCUT2D eigenvalue weighted by molar-refractivity contribution is 7.92. The maximum atomic E-state index is 11.9.